The number of aromatic amines is 1. The zero-order valence-electron chi connectivity index (χ0n) is 10.7. The Morgan fingerprint density at radius 1 is 1.44 bits per heavy atom. The van der Waals surface area contributed by atoms with Gasteiger partial charge in [-0.15, -0.1) is 0 Å². The number of rotatable bonds is 4. The topological polar surface area (TPSA) is 68.1 Å². The van der Waals surface area contributed by atoms with E-state index in [1.807, 2.05) is 25.1 Å². The molecule has 2 aromatic rings. The average molecular weight is 246 g/mol. The van der Waals surface area contributed by atoms with Gasteiger partial charge in [0, 0.05) is 23.0 Å². The Kier molecular flexibility index (Phi) is 3.67. The number of aromatic nitrogens is 1. The van der Waals surface area contributed by atoms with Crippen molar-refractivity contribution in [1.29, 1.82) is 0 Å². The van der Waals surface area contributed by atoms with Gasteiger partial charge in [0.25, 0.3) is 0 Å². The van der Waals surface area contributed by atoms with Gasteiger partial charge in [0.1, 0.15) is 6.04 Å². The summed E-state index contributed by atoms with van der Waals surface area (Å²) in [5.41, 5.74) is 9.04. The first-order chi connectivity index (χ1) is 8.63. The quantitative estimate of drug-likeness (QED) is 0.810. The molecule has 2 rings (SSSR count). The summed E-state index contributed by atoms with van der Waals surface area (Å²) in [6, 6.07) is 7.44. The third kappa shape index (κ3) is 2.38. The Bertz CT molecular complexity index is 560. The van der Waals surface area contributed by atoms with Crippen molar-refractivity contribution in [2.75, 3.05) is 6.61 Å². The van der Waals surface area contributed by atoms with Gasteiger partial charge in [-0.25, -0.2) is 0 Å². The number of aryl methyl sites for hydroxylation is 1. The fourth-order valence-electron chi connectivity index (χ4n) is 2.09. The predicted octanol–water partition coefficient (Wildman–Crippen LogP) is 1.91. The maximum absolute atomic E-state index is 11.5. The van der Waals surface area contributed by atoms with Crippen LogP contribution < -0.4 is 5.73 Å². The second-order valence-electron chi connectivity index (χ2n) is 4.34. The number of esters is 1. The molecule has 0 aliphatic rings. The van der Waals surface area contributed by atoms with E-state index in [2.05, 4.69) is 11.1 Å². The molecular weight excluding hydrogens is 228 g/mol. The van der Waals surface area contributed by atoms with Crippen LogP contribution in [-0.2, 0) is 16.0 Å². The van der Waals surface area contributed by atoms with Crippen molar-refractivity contribution in [3.8, 4) is 0 Å². The summed E-state index contributed by atoms with van der Waals surface area (Å²) in [6.45, 7) is 4.17. The lowest BCUT2D eigenvalue weighted by Gasteiger charge is -2.09. The number of ether oxygens (including phenoxy) is 1. The molecule has 18 heavy (non-hydrogen) atoms. The highest BCUT2D eigenvalue weighted by atomic mass is 16.5. The second-order valence-corrected chi connectivity index (χ2v) is 4.34. The summed E-state index contributed by atoms with van der Waals surface area (Å²) in [7, 11) is 0. The van der Waals surface area contributed by atoms with E-state index in [0.717, 1.165) is 16.8 Å². The number of H-pyrrole nitrogens is 1. The van der Waals surface area contributed by atoms with Crippen molar-refractivity contribution in [1.82, 2.24) is 4.98 Å². The van der Waals surface area contributed by atoms with Gasteiger partial charge in [-0.2, -0.15) is 0 Å². The van der Waals surface area contributed by atoms with Crippen LogP contribution in [0.4, 0.5) is 0 Å². The van der Waals surface area contributed by atoms with Crippen LogP contribution in [0.25, 0.3) is 10.9 Å². The minimum atomic E-state index is -0.614. The van der Waals surface area contributed by atoms with Gasteiger partial charge in [0.05, 0.1) is 6.61 Å². The standard InChI is InChI=1S/C14H18N2O2/c1-3-18-14(17)11(15)8-13-9(2)10-6-4-5-7-12(10)16-13/h4-7,11,16H,3,8,15H2,1-2H3. The van der Waals surface area contributed by atoms with Crippen molar-refractivity contribution in [3.63, 3.8) is 0 Å². The van der Waals surface area contributed by atoms with Crippen LogP contribution in [0.1, 0.15) is 18.2 Å². The fraction of sp³-hybridized carbons (Fsp3) is 0.357. The molecule has 0 bridgehead atoms. The Morgan fingerprint density at radius 2 is 2.17 bits per heavy atom. The van der Waals surface area contributed by atoms with Crippen LogP contribution >= 0.6 is 0 Å². The number of carbonyl (C=O) groups is 1. The monoisotopic (exact) mass is 246 g/mol. The van der Waals surface area contributed by atoms with Gasteiger partial charge < -0.3 is 15.5 Å². The van der Waals surface area contributed by atoms with Gasteiger partial charge in [-0.3, -0.25) is 4.79 Å². The molecule has 0 saturated carbocycles. The number of hydrogen-bond donors (Lipinski definition) is 2. The molecule has 1 heterocycles. The highest BCUT2D eigenvalue weighted by Gasteiger charge is 2.18. The van der Waals surface area contributed by atoms with Crippen LogP contribution in [0.15, 0.2) is 24.3 Å². The maximum atomic E-state index is 11.5. The lowest BCUT2D eigenvalue weighted by atomic mass is 10.1. The molecular formula is C14H18N2O2. The maximum Gasteiger partial charge on any atom is 0.323 e. The zero-order chi connectivity index (χ0) is 13.1. The van der Waals surface area contributed by atoms with E-state index < -0.39 is 6.04 Å². The largest absolute Gasteiger partial charge is 0.465 e. The third-order valence-corrected chi connectivity index (χ3v) is 3.08. The molecule has 4 heteroatoms. The molecule has 0 fully saturated rings. The van der Waals surface area contributed by atoms with E-state index in [1.165, 1.54) is 5.39 Å². The number of hydrogen-bond acceptors (Lipinski definition) is 3. The van der Waals surface area contributed by atoms with E-state index in [1.54, 1.807) is 6.92 Å². The van der Waals surface area contributed by atoms with Crippen molar-refractivity contribution in [2.24, 2.45) is 5.73 Å². The highest BCUT2D eigenvalue weighted by molar-refractivity contribution is 5.84. The van der Waals surface area contributed by atoms with E-state index in [9.17, 15) is 4.79 Å². The fourth-order valence-corrected chi connectivity index (χ4v) is 2.09. The molecule has 4 nitrogen and oxygen atoms in total. The van der Waals surface area contributed by atoms with Crippen LogP contribution in [0.2, 0.25) is 0 Å². The number of nitrogens with two attached hydrogens (primary N) is 1. The Labute approximate surface area is 106 Å². The van der Waals surface area contributed by atoms with Crippen LogP contribution in [0.5, 0.6) is 0 Å². The SMILES string of the molecule is CCOC(=O)C(N)Cc1[nH]c2ccccc2c1C. The summed E-state index contributed by atoms with van der Waals surface area (Å²) in [5, 5.41) is 1.17. The van der Waals surface area contributed by atoms with Crippen LogP contribution in [0, 0.1) is 6.92 Å². The number of nitrogens with one attached hydrogen (secondary N) is 1. The third-order valence-electron chi connectivity index (χ3n) is 3.08. The average Bonchev–Trinajstić information content (AvgIpc) is 2.67. The minimum absolute atomic E-state index is 0.351. The molecule has 1 unspecified atom stereocenters. The van der Waals surface area contributed by atoms with Crippen molar-refractivity contribution >= 4 is 16.9 Å². The summed E-state index contributed by atoms with van der Waals surface area (Å²) in [6.07, 6.45) is 0.472. The number of benzene rings is 1. The Hall–Kier alpha value is -1.81. The van der Waals surface area contributed by atoms with Gasteiger partial charge in [-0.1, -0.05) is 18.2 Å². The number of para-hydroxylation sites is 1. The van der Waals surface area contributed by atoms with Crippen molar-refractivity contribution in [2.45, 2.75) is 26.3 Å². The van der Waals surface area contributed by atoms with Gasteiger partial charge in [0.15, 0.2) is 0 Å². The summed E-state index contributed by atoms with van der Waals surface area (Å²) in [4.78, 5) is 14.8. The molecule has 0 aliphatic heterocycles. The number of carbonyl (C=O) groups excluding carboxylic acids is 1. The van der Waals surface area contributed by atoms with Crippen molar-refractivity contribution < 1.29 is 9.53 Å². The Balaban J connectivity index is 2.21. The molecule has 0 radical (unpaired) electrons. The molecule has 3 N–H and O–H groups in total. The molecule has 96 valence electrons. The molecule has 0 saturated heterocycles. The first kappa shape index (κ1) is 12.6. The predicted molar refractivity (Wildman–Crippen MR) is 71.3 cm³/mol. The molecule has 1 atom stereocenters. The Morgan fingerprint density at radius 3 is 2.83 bits per heavy atom. The van der Waals surface area contributed by atoms with Crippen molar-refractivity contribution in [3.05, 3.63) is 35.5 Å². The molecule has 0 aliphatic carbocycles. The molecule has 1 aromatic carbocycles. The normalized spacial score (nSPS) is 12.6. The van der Waals surface area contributed by atoms with Crippen LogP contribution in [0.3, 0.4) is 0 Å². The lowest BCUT2D eigenvalue weighted by Crippen LogP contribution is -2.34. The van der Waals surface area contributed by atoms with E-state index in [-0.39, 0.29) is 5.97 Å². The van der Waals surface area contributed by atoms with Crippen LogP contribution in [-0.4, -0.2) is 23.6 Å². The molecule has 1 aromatic heterocycles. The summed E-state index contributed by atoms with van der Waals surface area (Å²) in [5.74, 6) is -0.351. The number of fused-ring (bicyclic) bond motifs is 1. The van der Waals surface area contributed by atoms with E-state index >= 15 is 0 Å². The zero-order valence-corrected chi connectivity index (χ0v) is 10.7. The van der Waals surface area contributed by atoms with E-state index in [4.69, 9.17) is 10.5 Å². The van der Waals surface area contributed by atoms with Gasteiger partial charge in [0.2, 0.25) is 0 Å². The minimum Gasteiger partial charge on any atom is -0.465 e. The van der Waals surface area contributed by atoms with Gasteiger partial charge in [-0.05, 0) is 25.5 Å². The van der Waals surface area contributed by atoms with E-state index in [0.29, 0.717) is 13.0 Å². The highest BCUT2D eigenvalue weighted by Crippen LogP contribution is 2.22. The second kappa shape index (κ2) is 5.23. The summed E-state index contributed by atoms with van der Waals surface area (Å²) < 4.78 is 4.91. The smallest absolute Gasteiger partial charge is 0.323 e. The molecule has 0 spiro atoms. The first-order valence-corrected chi connectivity index (χ1v) is 6.12. The van der Waals surface area contributed by atoms with Gasteiger partial charge >= 0.3 is 5.97 Å². The lowest BCUT2D eigenvalue weighted by molar-refractivity contribution is -0.144. The first-order valence-electron chi connectivity index (χ1n) is 6.12. The molecule has 0 amide bonds. The summed E-state index contributed by atoms with van der Waals surface area (Å²) >= 11 is 0.